The summed E-state index contributed by atoms with van der Waals surface area (Å²) in [6.07, 6.45) is 6.53. The fourth-order valence-corrected chi connectivity index (χ4v) is 4.53. The molecule has 1 aliphatic heterocycles. The summed E-state index contributed by atoms with van der Waals surface area (Å²) in [5.41, 5.74) is 6.79. The number of nitrogens with zero attached hydrogens (tertiary/aromatic N) is 1. The summed E-state index contributed by atoms with van der Waals surface area (Å²) in [6, 6.07) is 7.87. The quantitative estimate of drug-likeness (QED) is 0.535. The van der Waals surface area contributed by atoms with Gasteiger partial charge in [0, 0.05) is 13.1 Å². The number of ether oxygens (including phenoxy) is 1. The minimum Gasteiger partial charge on any atom is -0.480 e. The third-order valence-corrected chi connectivity index (χ3v) is 6.41. The number of carboxylic acid groups (broad SMARTS) is 1. The average Bonchev–Trinajstić information content (AvgIpc) is 3.18. The first-order chi connectivity index (χ1) is 13.9. The Kier molecular flexibility index (Phi) is 6.90. The summed E-state index contributed by atoms with van der Waals surface area (Å²) in [4.78, 5) is 38.7. The minimum absolute atomic E-state index is 0.0366. The number of hydrogen-bond acceptors (Lipinski definition) is 5. The summed E-state index contributed by atoms with van der Waals surface area (Å²) >= 11 is 0. The van der Waals surface area contributed by atoms with Crippen molar-refractivity contribution in [2.45, 2.75) is 57.6 Å². The van der Waals surface area contributed by atoms with Crippen LogP contribution in [0.2, 0.25) is 0 Å². The summed E-state index contributed by atoms with van der Waals surface area (Å²) in [6.45, 7) is 1.24. The van der Waals surface area contributed by atoms with Crippen LogP contribution in [0, 0.1) is 11.3 Å². The highest BCUT2D eigenvalue weighted by Gasteiger charge is 2.41. The van der Waals surface area contributed by atoms with E-state index in [1.54, 1.807) is 4.90 Å². The molecule has 3 N–H and O–H groups in total. The van der Waals surface area contributed by atoms with Gasteiger partial charge in [0.25, 0.3) is 0 Å². The van der Waals surface area contributed by atoms with Gasteiger partial charge in [0.2, 0.25) is 5.91 Å². The number of carbonyl (C=O) groups excluding carboxylic acids is 2. The van der Waals surface area contributed by atoms with Crippen molar-refractivity contribution in [1.82, 2.24) is 4.90 Å². The topological polar surface area (TPSA) is 110 Å². The molecule has 1 aromatic rings. The Morgan fingerprint density at radius 2 is 1.69 bits per heavy atom. The molecule has 2 atom stereocenters. The number of carboxylic acids is 1. The van der Waals surface area contributed by atoms with Gasteiger partial charge in [0.1, 0.15) is 18.6 Å². The number of benzene rings is 1. The van der Waals surface area contributed by atoms with Crippen LogP contribution in [0.3, 0.4) is 0 Å². The number of rotatable bonds is 7. The monoisotopic (exact) mass is 402 g/mol. The lowest BCUT2D eigenvalue weighted by Crippen LogP contribution is -2.48. The molecular weight excluding hydrogens is 372 g/mol. The third-order valence-electron chi connectivity index (χ3n) is 6.41. The maximum Gasteiger partial charge on any atom is 0.320 e. The van der Waals surface area contributed by atoms with E-state index in [9.17, 15) is 14.4 Å². The van der Waals surface area contributed by atoms with E-state index in [2.05, 4.69) is 0 Å². The van der Waals surface area contributed by atoms with Crippen LogP contribution in [0.5, 0.6) is 0 Å². The number of piperidine rings is 1. The van der Waals surface area contributed by atoms with Crippen molar-refractivity contribution >= 4 is 17.8 Å². The second-order valence-electron chi connectivity index (χ2n) is 8.36. The molecule has 3 rings (SSSR count). The number of hydrogen-bond donors (Lipinski definition) is 2. The normalized spacial score (nSPS) is 20.2. The number of aliphatic carboxylic acids is 1. The van der Waals surface area contributed by atoms with Crippen LogP contribution >= 0.6 is 0 Å². The zero-order valence-electron chi connectivity index (χ0n) is 16.7. The van der Waals surface area contributed by atoms with E-state index >= 15 is 0 Å². The molecule has 1 unspecified atom stereocenters. The maximum atomic E-state index is 13.1. The largest absolute Gasteiger partial charge is 0.480 e. The van der Waals surface area contributed by atoms with Crippen molar-refractivity contribution < 1.29 is 24.2 Å². The van der Waals surface area contributed by atoms with Crippen LogP contribution in [0.4, 0.5) is 0 Å². The Labute approximate surface area is 171 Å². The second kappa shape index (κ2) is 9.39. The molecule has 1 aromatic carbocycles. The molecule has 1 spiro atoms. The smallest absolute Gasteiger partial charge is 0.320 e. The van der Waals surface area contributed by atoms with Gasteiger partial charge in [-0.05, 0) is 43.1 Å². The van der Waals surface area contributed by atoms with Gasteiger partial charge in [0.05, 0.1) is 0 Å². The van der Waals surface area contributed by atoms with Crippen molar-refractivity contribution in [3.05, 3.63) is 35.9 Å². The highest BCUT2D eigenvalue weighted by atomic mass is 16.5. The molecule has 1 aliphatic carbocycles. The number of amides is 1. The fourth-order valence-electron chi connectivity index (χ4n) is 4.53. The molecule has 1 amide bonds. The van der Waals surface area contributed by atoms with Crippen molar-refractivity contribution in [3.63, 3.8) is 0 Å². The van der Waals surface area contributed by atoms with Crippen LogP contribution in [-0.4, -0.2) is 47.0 Å². The molecule has 0 radical (unpaired) electrons. The molecule has 29 heavy (non-hydrogen) atoms. The molecular formula is C22H30N2O5. The molecule has 0 aromatic heterocycles. The van der Waals surface area contributed by atoms with E-state index < -0.39 is 23.9 Å². The Bertz CT molecular complexity index is 720. The first-order valence-electron chi connectivity index (χ1n) is 10.4. The molecule has 158 valence electrons. The Morgan fingerprint density at radius 1 is 1.07 bits per heavy atom. The number of nitrogens with two attached hydrogens (primary N) is 1. The van der Waals surface area contributed by atoms with E-state index in [1.807, 2.05) is 30.3 Å². The fraction of sp³-hybridized carbons (Fsp3) is 0.591. The standard InChI is InChI=1S/C22H30N2O5/c23-18(20(26)27)14-17(21(28)29-15-16-6-2-1-3-7-16)19(25)24-12-10-22(11-13-24)8-4-5-9-22/h1-3,6-7,17-18H,4-5,8-15,23H2,(H,26,27)/t17?,18-/m1/s1. The first kappa shape index (κ1) is 21.3. The van der Waals surface area contributed by atoms with Gasteiger partial charge >= 0.3 is 11.9 Å². The number of likely N-dealkylation sites (tertiary alicyclic amines) is 1. The van der Waals surface area contributed by atoms with Gasteiger partial charge in [-0.3, -0.25) is 14.4 Å². The molecule has 7 heteroatoms. The Hall–Kier alpha value is -2.41. The van der Waals surface area contributed by atoms with E-state index in [1.165, 1.54) is 25.7 Å². The zero-order valence-corrected chi connectivity index (χ0v) is 16.7. The van der Waals surface area contributed by atoms with E-state index in [0.717, 1.165) is 18.4 Å². The highest BCUT2D eigenvalue weighted by molar-refractivity contribution is 5.98. The van der Waals surface area contributed by atoms with E-state index in [4.69, 9.17) is 15.6 Å². The summed E-state index contributed by atoms with van der Waals surface area (Å²) in [7, 11) is 0. The third kappa shape index (κ3) is 5.35. The second-order valence-corrected chi connectivity index (χ2v) is 8.36. The Morgan fingerprint density at radius 3 is 2.28 bits per heavy atom. The highest BCUT2D eigenvalue weighted by Crippen LogP contribution is 2.46. The first-order valence-corrected chi connectivity index (χ1v) is 10.4. The van der Waals surface area contributed by atoms with Crippen LogP contribution in [0.15, 0.2) is 30.3 Å². The van der Waals surface area contributed by atoms with Gasteiger partial charge in [-0.25, -0.2) is 0 Å². The predicted molar refractivity (Wildman–Crippen MR) is 107 cm³/mol. The van der Waals surface area contributed by atoms with Crippen LogP contribution < -0.4 is 5.73 Å². The van der Waals surface area contributed by atoms with E-state index in [0.29, 0.717) is 18.5 Å². The Balaban J connectivity index is 1.64. The number of esters is 1. The lowest BCUT2D eigenvalue weighted by atomic mass is 9.77. The van der Waals surface area contributed by atoms with Gasteiger partial charge in [0.15, 0.2) is 0 Å². The molecule has 2 aliphatic rings. The van der Waals surface area contributed by atoms with Crippen molar-refractivity contribution in [3.8, 4) is 0 Å². The number of carbonyl (C=O) groups is 3. The van der Waals surface area contributed by atoms with Crippen LogP contribution in [0.25, 0.3) is 0 Å². The van der Waals surface area contributed by atoms with Gasteiger partial charge in [-0.2, -0.15) is 0 Å². The molecule has 2 fully saturated rings. The van der Waals surface area contributed by atoms with Gasteiger partial charge in [-0.1, -0.05) is 43.2 Å². The van der Waals surface area contributed by atoms with Crippen molar-refractivity contribution in [1.29, 1.82) is 0 Å². The summed E-state index contributed by atoms with van der Waals surface area (Å²) in [5, 5.41) is 9.15. The molecule has 1 heterocycles. The minimum atomic E-state index is -1.29. The lowest BCUT2D eigenvalue weighted by Gasteiger charge is -2.40. The van der Waals surface area contributed by atoms with E-state index in [-0.39, 0.29) is 18.9 Å². The lowest BCUT2D eigenvalue weighted by molar-refractivity contribution is -0.158. The molecule has 1 saturated carbocycles. The predicted octanol–water partition coefficient (Wildman–Crippen LogP) is 2.33. The van der Waals surface area contributed by atoms with Gasteiger partial charge in [-0.15, -0.1) is 0 Å². The molecule has 1 saturated heterocycles. The van der Waals surface area contributed by atoms with Crippen molar-refractivity contribution in [2.75, 3.05) is 13.1 Å². The zero-order chi connectivity index (χ0) is 20.9. The SMILES string of the molecule is N[C@H](CC(C(=O)OCc1ccccc1)C(=O)N1CCC2(CCCC2)CC1)C(=O)O. The summed E-state index contributed by atoms with van der Waals surface area (Å²) < 4.78 is 5.34. The van der Waals surface area contributed by atoms with Gasteiger partial charge < -0.3 is 20.5 Å². The average molecular weight is 402 g/mol. The maximum absolute atomic E-state index is 13.1. The van der Waals surface area contributed by atoms with Crippen molar-refractivity contribution in [2.24, 2.45) is 17.1 Å². The van der Waals surface area contributed by atoms with Crippen LogP contribution in [-0.2, 0) is 25.7 Å². The van der Waals surface area contributed by atoms with Crippen LogP contribution in [0.1, 0.15) is 50.5 Å². The molecule has 7 nitrogen and oxygen atoms in total. The molecule has 0 bridgehead atoms. The summed E-state index contributed by atoms with van der Waals surface area (Å²) in [5.74, 6) is -3.51.